The molecule has 0 aromatic carbocycles. The second-order valence-electron chi connectivity index (χ2n) is 6.42. The summed E-state index contributed by atoms with van der Waals surface area (Å²) < 4.78 is 7.97. The molecule has 28 heavy (non-hydrogen) atoms. The predicted molar refractivity (Wildman–Crippen MR) is 103 cm³/mol. The largest absolute Gasteiger partial charge is 0.465 e. The smallest absolute Gasteiger partial charge is 0.344 e. The van der Waals surface area contributed by atoms with Gasteiger partial charge in [-0.05, 0) is 36.8 Å². The number of aryl methyl sites for hydroxylation is 1. The third kappa shape index (κ3) is 2.75. The second-order valence-corrected chi connectivity index (χ2v) is 6.42. The number of ether oxygens (including phenoxy) is 1. The number of esters is 1. The molecule has 0 fully saturated rings. The van der Waals surface area contributed by atoms with Crippen LogP contribution in [0.3, 0.4) is 0 Å². The minimum absolute atomic E-state index is 0.121. The van der Waals surface area contributed by atoms with Crippen molar-refractivity contribution in [2.75, 3.05) is 12.8 Å². The van der Waals surface area contributed by atoms with Gasteiger partial charge in [0.2, 0.25) is 11.5 Å². The van der Waals surface area contributed by atoms with Crippen LogP contribution >= 0.6 is 0 Å². The molecule has 0 saturated carbocycles. The summed E-state index contributed by atoms with van der Waals surface area (Å²) in [5.41, 5.74) is 8.84. The SMILES string of the molecule is COC(=O)c1cc2c(=O)n3cccc(C)c3nc2[n+](Cc2ccncc2)c1N. The zero-order chi connectivity index (χ0) is 19.8. The molecule has 4 aromatic heterocycles. The summed E-state index contributed by atoms with van der Waals surface area (Å²) in [5.74, 6) is -0.433. The monoisotopic (exact) mass is 376 g/mol. The van der Waals surface area contributed by atoms with Gasteiger partial charge in [-0.15, -0.1) is 0 Å². The summed E-state index contributed by atoms with van der Waals surface area (Å²) >= 11 is 0. The first-order valence-electron chi connectivity index (χ1n) is 8.62. The molecule has 0 aliphatic heterocycles. The van der Waals surface area contributed by atoms with Crippen molar-refractivity contribution in [3.8, 4) is 0 Å². The standard InChI is InChI=1S/C20H17N5O3/c1-12-4-3-9-24-17(12)23-18-15(19(24)26)10-14(20(27)28-2)16(21)25(18)11-13-5-7-22-8-6-13/h3-10,21H,11H2,1-2H3/p+1. The van der Waals surface area contributed by atoms with Gasteiger partial charge in [-0.1, -0.05) is 11.1 Å². The maximum atomic E-state index is 13.1. The zero-order valence-corrected chi connectivity index (χ0v) is 15.4. The summed E-state index contributed by atoms with van der Waals surface area (Å²) in [4.78, 5) is 34.1. The van der Waals surface area contributed by atoms with Crippen LogP contribution in [0.15, 0.2) is 53.7 Å². The number of nitrogens with two attached hydrogens (primary N) is 1. The van der Waals surface area contributed by atoms with E-state index < -0.39 is 5.97 Å². The van der Waals surface area contributed by atoms with Crippen molar-refractivity contribution in [1.29, 1.82) is 0 Å². The molecule has 0 bridgehead atoms. The normalized spacial score (nSPS) is 11.1. The van der Waals surface area contributed by atoms with Crippen LogP contribution in [0.4, 0.5) is 5.82 Å². The molecule has 0 saturated heterocycles. The third-order valence-electron chi connectivity index (χ3n) is 4.67. The van der Waals surface area contributed by atoms with E-state index in [4.69, 9.17) is 15.5 Å². The Hall–Kier alpha value is -3.81. The van der Waals surface area contributed by atoms with E-state index in [-0.39, 0.29) is 22.3 Å². The van der Waals surface area contributed by atoms with E-state index in [2.05, 4.69) is 4.98 Å². The molecule has 0 aliphatic carbocycles. The van der Waals surface area contributed by atoms with Crippen LogP contribution in [-0.2, 0) is 11.3 Å². The highest BCUT2D eigenvalue weighted by molar-refractivity contribution is 5.96. The van der Waals surface area contributed by atoms with Gasteiger partial charge in [0.25, 0.3) is 11.2 Å². The number of pyridine rings is 3. The Balaban J connectivity index is 2.12. The number of carbonyl (C=O) groups is 1. The molecular formula is C20H18N5O3+. The highest BCUT2D eigenvalue weighted by atomic mass is 16.5. The maximum Gasteiger partial charge on any atom is 0.344 e. The summed E-state index contributed by atoms with van der Waals surface area (Å²) in [6.07, 6.45) is 4.99. The van der Waals surface area contributed by atoms with Gasteiger partial charge in [-0.3, -0.25) is 14.2 Å². The lowest BCUT2D eigenvalue weighted by Gasteiger charge is -2.11. The average molecular weight is 376 g/mol. The van der Waals surface area contributed by atoms with Crippen molar-refractivity contribution in [3.05, 3.63) is 76.0 Å². The Morgan fingerprint density at radius 3 is 2.75 bits per heavy atom. The molecule has 4 rings (SSSR count). The second kappa shape index (κ2) is 6.73. The van der Waals surface area contributed by atoms with E-state index in [0.717, 1.165) is 11.1 Å². The Morgan fingerprint density at radius 1 is 1.29 bits per heavy atom. The van der Waals surface area contributed by atoms with Crippen molar-refractivity contribution in [1.82, 2.24) is 14.4 Å². The van der Waals surface area contributed by atoms with Crippen molar-refractivity contribution >= 4 is 28.5 Å². The maximum absolute atomic E-state index is 13.1. The molecular weight excluding hydrogens is 358 g/mol. The Kier molecular flexibility index (Phi) is 4.23. The quantitative estimate of drug-likeness (QED) is 0.328. The van der Waals surface area contributed by atoms with Gasteiger partial charge in [-0.25, -0.2) is 9.36 Å². The number of carbonyl (C=O) groups excluding carboxylic acids is 1. The minimum Gasteiger partial charge on any atom is -0.465 e. The van der Waals surface area contributed by atoms with Gasteiger partial charge in [0.05, 0.1) is 13.7 Å². The number of rotatable bonds is 3. The summed E-state index contributed by atoms with van der Waals surface area (Å²) in [6.45, 7) is 2.21. The number of fused-ring (bicyclic) bond motifs is 2. The number of aromatic nitrogens is 4. The fourth-order valence-electron chi connectivity index (χ4n) is 3.21. The molecule has 4 aromatic rings. The molecule has 0 spiro atoms. The van der Waals surface area contributed by atoms with Crippen molar-refractivity contribution in [2.45, 2.75) is 13.5 Å². The van der Waals surface area contributed by atoms with Crippen molar-refractivity contribution in [3.63, 3.8) is 0 Å². The number of nitrogen functional groups attached to an aromatic ring is 1. The molecule has 140 valence electrons. The van der Waals surface area contributed by atoms with Gasteiger partial charge < -0.3 is 10.5 Å². The molecule has 2 N–H and O–H groups in total. The van der Waals surface area contributed by atoms with Gasteiger partial charge in [0.15, 0.2) is 0 Å². The lowest BCUT2D eigenvalue weighted by Crippen LogP contribution is -2.42. The average Bonchev–Trinajstić information content (AvgIpc) is 2.71. The molecule has 0 atom stereocenters. The molecule has 4 heterocycles. The number of hydrogen-bond donors (Lipinski definition) is 1. The Labute approximate surface area is 159 Å². The van der Waals surface area contributed by atoms with E-state index in [1.165, 1.54) is 17.6 Å². The summed E-state index contributed by atoms with van der Waals surface area (Å²) in [6, 6.07) is 8.78. The lowest BCUT2D eigenvalue weighted by molar-refractivity contribution is -0.649. The highest BCUT2D eigenvalue weighted by Gasteiger charge is 2.25. The molecule has 8 heteroatoms. The van der Waals surface area contributed by atoms with Crippen LogP contribution in [0.2, 0.25) is 0 Å². The molecule has 0 radical (unpaired) electrons. The lowest BCUT2D eigenvalue weighted by atomic mass is 10.1. The van der Waals surface area contributed by atoms with E-state index in [9.17, 15) is 9.59 Å². The van der Waals surface area contributed by atoms with E-state index in [1.807, 2.05) is 25.1 Å². The minimum atomic E-state index is -0.614. The number of anilines is 1. The zero-order valence-electron chi connectivity index (χ0n) is 15.4. The van der Waals surface area contributed by atoms with Gasteiger partial charge >= 0.3 is 5.97 Å². The Bertz CT molecular complexity index is 1280. The van der Waals surface area contributed by atoms with Crippen LogP contribution in [0, 0.1) is 6.92 Å². The van der Waals surface area contributed by atoms with Crippen LogP contribution in [0.5, 0.6) is 0 Å². The summed E-state index contributed by atoms with van der Waals surface area (Å²) in [7, 11) is 1.27. The third-order valence-corrected chi connectivity index (χ3v) is 4.67. The highest BCUT2D eigenvalue weighted by Crippen LogP contribution is 2.17. The Morgan fingerprint density at radius 2 is 2.04 bits per heavy atom. The van der Waals surface area contributed by atoms with Crippen molar-refractivity contribution in [2.24, 2.45) is 0 Å². The molecule has 0 unspecified atom stereocenters. The number of methoxy groups -OCH3 is 1. The number of nitrogens with zero attached hydrogens (tertiary/aromatic N) is 4. The van der Waals surface area contributed by atoms with Crippen LogP contribution in [-0.4, -0.2) is 27.4 Å². The molecule has 0 aliphatic rings. The van der Waals surface area contributed by atoms with Crippen LogP contribution < -0.4 is 15.9 Å². The molecule has 8 nitrogen and oxygen atoms in total. The van der Waals surface area contributed by atoms with Crippen LogP contribution in [0.1, 0.15) is 21.5 Å². The van der Waals surface area contributed by atoms with Gasteiger partial charge in [0, 0.05) is 24.2 Å². The predicted octanol–water partition coefficient (Wildman–Crippen LogP) is 1.26. The first-order valence-corrected chi connectivity index (χ1v) is 8.62. The van der Waals surface area contributed by atoms with E-state index >= 15 is 0 Å². The van der Waals surface area contributed by atoms with Crippen molar-refractivity contribution < 1.29 is 14.1 Å². The van der Waals surface area contributed by atoms with E-state index in [0.29, 0.717) is 17.8 Å². The van der Waals surface area contributed by atoms with Gasteiger partial charge in [0.1, 0.15) is 10.9 Å². The topological polar surface area (TPSA) is 103 Å². The van der Waals surface area contributed by atoms with Crippen LogP contribution in [0.25, 0.3) is 16.7 Å². The molecule has 0 amide bonds. The fraction of sp³-hybridized carbons (Fsp3) is 0.150. The summed E-state index contributed by atoms with van der Waals surface area (Å²) in [5, 5.41) is 0.284. The number of hydrogen-bond acceptors (Lipinski definition) is 6. The van der Waals surface area contributed by atoms with E-state index in [1.54, 1.807) is 29.2 Å². The first kappa shape index (κ1) is 17.6. The van der Waals surface area contributed by atoms with Gasteiger partial charge in [-0.2, -0.15) is 0 Å². The fourth-order valence-corrected chi connectivity index (χ4v) is 3.21. The first-order chi connectivity index (χ1) is 13.5.